The third-order valence-corrected chi connectivity index (χ3v) is 6.47. The molecule has 3 atom stereocenters. The number of hydrogen-bond acceptors (Lipinski definition) is 5. The van der Waals surface area contributed by atoms with Gasteiger partial charge in [-0.25, -0.2) is 13.6 Å². The van der Waals surface area contributed by atoms with Crippen LogP contribution in [0.2, 0.25) is 0 Å². The van der Waals surface area contributed by atoms with Crippen molar-refractivity contribution in [2.75, 3.05) is 19.7 Å². The van der Waals surface area contributed by atoms with E-state index < -0.39 is 60.8 Å². The first-order valence-corrected chi connectivity index (χ1v) is 11.2. The molecule has 4 N–H and O–H groups in total. The van der Waals surface area contributed by atoms with Gasteiger partial charge in [-0.1, -0.05) is 48.5 Å². The molecular formula is C25H26F2N2O6. The van der Waals surface area contributed by atoms with Gasteiger partial charge in [0.05, 0.1) is 17.9 Å². The Morgan fingerprint density at radius 3 is 2.17 bits per heavy atom. The van der Waals surface area contributed by atoms with Crippen LogP contribution in [0.3, 0.4) is 0 Å². The summed E-state index contributed by atoms with van der Waals surface area (Å²) in [6.45, 7) is 0.261. The predicted octanol–water partition coefficient (Wildman–Crippen LogP) is 2.75. The van der Waals surface area contributed by atoms with Gasteiger partial charge >= 0.3 is 12.1 Å². The molecule has 2 aromatic carbocycles. The number of alkyl carbamates (subject to hydrolysis) is 1. The molecule has 0 spiro atoms. The van der Waals surface area contributed by atoms with Gasteiger partial charge in [0.25, 0.3) is 5.92 Å². The fourth-order valence-corrected chi connectivity index (χ4v) is 4.62. The molecule has 1 fully saturated rings. The lowest BCUT2D eigenvalue weighted by molar-refractivity contribution is -0.142. The van der Waals surface area contributed by atoms with Crippen LogP contribution >= 0.6 is 0 Å². The fourth-order valence-electron chi connectivity index (χ4n) is 4.62. The van der Waals surface area contributed by atoms with Crippen molar-refractivity contribution in [2.24, 2.45) is 11.8 Å². The van der Waals surface area contributed by atoms with Crippen molar-refractivity contribution in [1.82, 2.24) is 10.6 Å². The number of ether oxygens (including phenoxy) is 1. The molecule has 2 amide bonds. The Kier molecular flexibility index (Phi) is 6.50. The first kappa shape index (κ1) is 24.6. The van der Waals surface area contributed by atoms with Gasteiger partial charge in [-0.2, -0.15) is 0 Å². The molecule has 0 heterocycles. The Labute approximate surface area is 200 Å². The van der Waals surface area contributed by atoms with Crippen LogP contribution in [0.25, 0.3) is 11.1 Å². The molecule has 0 aliphatic heterocycles. The van der Waals surface area contributed by atoms with Crippen molar-refractivity contribution < 1.29 is 38.1 Å². The molecule has 3 unspecified atom stereocenters. The van der Waals surface area contributed by atoms with Gasteiger partial charge in [0.1, 0.15) is 12.5 Å². The third-order valence-electron chi connectivity index (χ3n) is 6.47. The van der Waals surface area contributed by atoms with E-state index in [-0.39, 0.29) is 12.5 Å². The van der Waals surface area contributed by atoms with Gasteiger partial charge < -0.3 is 25.6 Å². The van der Waals surface area contributed by atoms with Gasteiger partial charge in [0.2, 0.25) is 5.91 Å². The predicted molar refractivity (Wildman–Crippen MR) is 121 cm³/mol. The number of benzene rings is 2. The van der Waals surface area contributed by atoms with Crippen molar-refractivity contribution >= 4 is 18.0 Å². The first-order chi connectivity index (χ1) is 16.5. The Balaban J connectivity index is 1.28. The average molecular weight is 488 g/mol. The molecule has 186 valence electrons. The molecule has 4 rings (SSSR count). The van der Waals surface area contributed by atoms with Crippen LogP contribution < -0.4 is 10.6 Å². The summed E-state index contributed by atoms with van der Waals surface area (Å²) in [5.74, 6) is -8.91. The van der Waals surface area contributed by atoms with Crippen molar-refractivity contribution in [3.8, 4) is 11.1 Å². The summed E-state index contributed by atoms with van der Waals surface area (Å²) in [4.78, 5) is 35.1. The summed E-state index contributed by atoms with van der Waals surface area (Å²) in [5, 5.41) is 23.1. The van der Waals surface area contributed by atoms with E-state index in [1.165, 1.54) is 6.92 Å². The minimum atomic E-state index is -3.33. The number of rotatable bonds is 9. The second kappa shape index (κ2) is 9.26. The molecule has 10 heteroatoms. The van der Waals surface area contributed by atoms with Gasteiger partial charge in [-0.05, 0) is 29.2 Å². The van der Waals surface area contributed by atoms with Gasteiger partial charge in [0.15, 0.2) is 0 Å². The Morgan fingerprint density at radius 2 is 1.60 bits per heavy atom. The minimum Gasteiger partial charge on any atom is -0.481 e. The molecule has 2 aliphatic rings. The highest BCUT2D eigenvalue weighted by Crippen LogP contribution is 2.55. The highest BCUT2D eigenvalue weighted by molar-refractivity contribution is 5.84. The number of hydrogen-bond donors (Lipinski definition) is 4. The zero-order valence-corrected chi connectivity index (χ0v) is 19.0. The monoisotopic (exact) mass is 488 g/mol. The summed E-state index contributed by atoms with van der Waals surface area (Å²) < 4.78 is 33.6. The maximum absolute atomic E-state index is 14.1. The molecule has 2 aliphatic carbocycles. The van der Waals surface area contributed by atoms with Crippen LogP contribution in [-0.4, -0.2) is 59.4 Å². The Hall–Kier alpha value is -3.53. The maximum atomic E-state index is 14.1. The SMILES string of the molecule is CC(O)(CNC(=O)C1C(CNC(=O)OCC2c3ccccc3-c3ccccc32)C1(F)F)CC(=O)O. The number of nitrogens with one attached hydrogen (secondary N) is 2. The zero-order valence-electron chi connectivity index (χ0n) is 19.0. The number of amides is 2. The summed E-state index contributed by atoms with van der Waals surface area (Å²) in [7, 11) is 0. The number of alkyl halides is 2. The normalized spacial score (nSPS) is 21.3. The molecule has 8 nitrogen and oxygen atoms in total. The number of carboxylic acids is 1. The lowest BCUT2D eigenvalue weighted by atomic mass is 9.98. The maximum Gasteiger partial charge on any atom is 0.407 e. The number of halogens is 2. The number of carboxylic acid groups (broad SMARTS) is 1. The van der Waals surface area contributed by atoms with E-state index in [0.29, 0.717) is 0 Å². The Morgan fingerprint density at radius 1 is 1.03 bits per heavy atom. The molecule has 0 radical (unpaired) electrons. The lowest BCUT2D eigenvalue weighted by Crippen LogP contribution is -2.43. The van der Waals surface area contributed by atoms with Crippen LogP contribution in [0.1, 0.15) is 30.4 Å². The van der Waals surface area contributed by atoms with E-state index in [0.717, 1.165) is 22.3 Å². The number of aliphatic hydroxyl groups is 1. The topological polar surface area (TPSA) is 125 Å². The number of fused-ring (bicyclic) bond motifs is 3. The van der Waals surface area contributed by atoms with Crippen molar-refractivity contribution in [1.29, 1.82) is 0 Å². The van der Waals surface area contributed by atoms with Crippen molar-refractivity contribution in [3.05, 3.63) is 59.7 Å². The number of aliphatic carboxylic acids is 1. The smallest absolute Gasteiger partial charge is 0.407 e. The molecule has 35 heavy (non-hydrogen) atoms. The summed E-state index contributed by atoms with van der Waals surface area (Å²) in [5.41, 5.74) is 2.38. The first-order valence-electron chi connectivity index (χ1n) is 11.2. The van der Waals surface area contributed by atoms with Crippen molar-refractivity contribution in [3.63, 3.8) is 0 Å². The second-order valence-corrected chi connectivity index (χ2v) is 9.25. The van der Waals surface area contributed by atoms with Gasteiger partial charge in [0, 0.05) is 19.0 Å². The largest absolute Gasteiger partial charge is 0.481 e. The second-order valence-electron chi connectivity index (χ2n) is 9.25. The molecule has 0 aromatic heterocycles. The highest BCUT2D eigenvalue weighted by Gasteiger charge is 2.71. The van der Waals surface area contributed by atoms with E-state index in [2.05, 4.69) is 10.6 Å². The standard InChI is InChI=1S/C25H26F2N2O6/c1-24(34,10-20(30)31)13-29-22(32)21-19(25(21,26)27)11-28-23(33)35-12-18-16-8-4-2-6-14(16)15-7-3-5-9-17(15)18/h2-9,18-19,21,34H,10-13H2,1H3,(H,28,33)(H,29,32)(H,30,31). The summed E-state index contributed by atoms with van der Waals surface area (Å²) in [6, 6.07) is 15.6. The quantitative estimate of drug-likeness (QED) is 0.430. The van der Waals surface area contributed by atoms with E-state index in [9.17, 15) is 28.3 Å². The molecular weight excluding hydrogens is 462 g/mol. The van der Waals surface area contributed by atoms with E-state index >= 15 is 0 Å². The molecule has 2 aromatic rings. The van der Waals surface area contributed by atoms with Crippen LogP contribution in [0.15, 0.2) is 48.5 Å². The Bertz CT molecular complexity index is 1110. The lowest BCUT2D eigenvalue weighted by Gasteiger charge is -2.21. The van der Waals surface area contributed by atoms with Crippen LogP contribution in [0, 0.1) is 11.8 Å². The van der Waals surface area contributed by atoms with Crippen LogP contribution in [-0.2, 0) is 14.3 Å². The molecule has 0 saturated heterocycles. The zero-order chi connectivity index (χ0) is 25.4. The number of carbonyl (C=O) groups is 3. The van der Waals surface area contributed by atoms with Gasteiger partial charge in [-0.3, -0.25) is 9.59 Å². The van der Waals surface area contributed by atoms with Crippen LogP contribution in [0.5, 0.6) is 0 Å². The third kappa shape index (κ3) is 5.12. The van der Waals surface area contributed by atoms with Crippen molar-refractivity contribution in [2.45, 2.75) is 30.8 Å². The summed E-state index contributed by atoms with van der Waals surface area (Å²) >= 11 is 0. The summed E-state index contributed by atoms with van der Waals surface area (Å²) in [6.07, 6.45) is -1.51. The van der Waals surface area contributed by atoms with E-state index in [4.69, 9.17) is 9.84 Å². The minimum absolute atomic E-state index is 0.0312. The average Bonchev–Trinajstić information content (AvgIpc) is 3.20. The molecule has 1 saturated carbocycles. The highest BCUT2D eigenvalue weighted by atomic mass is 19.3. The van der Waals surface area contributed by atoms with Gasteiger partial charge in [-0.15, -0.1) is 0 Å². The van der Waals surface area contributed by atoms with E-state index in [1.54, 1.807) is 0 Å². The molecule has 0 bridgehead atoms. The number of carbonyl (C=O) groups excluding carboxylic acids is 2. The van der Waals surface area contributed by atoms with E-state index in [1.807, 2.05) is 48.5 Å². The van der Waals surface area contributed by atoms with Crippen LogP contribution in [0.4, 0.5) is 13.6 Å². The fraction of sp³-hybridized carbons (Fsp3) is 0.400.